The van der Waals surface area contributed by atoms with Gasteiger partial charge in [-0.15, -0.1) is 0 Å². The predicted molar refractivity (Wildman–Crippen MR) is 102 cm³/mol. The quantitative estimate of drug-likeness (QED) is 0.574. The molecule has 1 aliphatic heterocycles. The maximum atomic E-state index is 6.51. The first-order valence-corrected chi connectivity index (χ1v) is 13.6. The molecule has 4 aliphatic rings. The van der Waals surface area contributed by atoms with Gasteiger partial charge in [0, 0.05) is 11.3 Å². The van der Waals surface area contributed by atoms with Crippen molar-refractivity contribution < 1.29 is 9.47 Å². The Balaban J connectivity index is 1.79. The molecule has 1 spiro atoms. The molecule has 3 fully saturated rings. The van der Waals surface area contributed by atoms with Gasteiger partial charge in [-0.1, -0.05) is 37.0 Å². The first-order chi connectivity index (χ1) is 11.2. The molecule has 2 nitrogen and oxygen atoms in total. The van der Waals surface area contributed by atoms with Crippen LogP contribution in [0.25, 0.3) is 0 Å². The van der Waals surface area contributed by atoms with E-state index in [0.29, 0.717) is 23.5 Å². The number of rotatable bonds is 1. The van der Waals surface area contributed by atoms with Crippen LogP contribution in [-0.4, -0.2) is 26.1 Å². The number of hydrogen-bond acceptors (Lipinski definition) is 2. The molecular weight excluding hydrogens is 312 g/mol. The zero-order valence-electron chi connectivity index (χ0n) is 16.2. The van der Waals surface area contributed by atoms with Gasteiger partial charge in [-0.2, -0.15) is 0 Å². The fraction of sp³-hybridized carbons (Fsp3) is 0.810. The lowest BCUT2D eigenvalue weighted by Gasteiger charge is -2.55. The molecule has 1 heterocycles. The Kier molecular flexibility index (Phi) is 3.95. The van der Waals surface area contributed by atoms with Crippen LogP contribution in [0.15, 0.2) is 22.9 Å². The van der Waals surface area contributed by atoms with Gasteiger partial charge >= 0.3 is 0 Å². The molecule has 0 amide bonds. The van der Waals surface area contributed by atoms with Crippen molar-refractivity contribution in [1.82, 2.24) is 0 Å². The van der Waals surface area contributed by atoms with Gasteiger partial charge in [-0.25, -0.2) is 0 Å². The largest absolute Gasteiger partial charge is 0.347 e. The second-order valence-corrected chi connectivity index (χ2v) is 15.0. The minimum absolute atomic E-state index is 0.339. The van der Waals surface area contributed by atoms with Crippen molar-refractivity contribution in [3.63, 3.8) is 0 Å². The van der Waals surface area contributed by atoms with Crippen LogP contribution in [0.3, 0.4) is 0 Å². The van der Waals surface area contributed by atoms with E-state index in [9.17, 15) is 0 Å². The minimum atomic E-state index is -1.22. The topological polar surface area (TPSA) is 18.5 Å². The summed E-state index contributed by atoms with van der Waals surface area (Å²) in [6, 6.07) is 0. The van der Waals surface area contributed by atoms with E-state index in [1.165, 1.54) is 44.9 Å². The van der Waals surface area contributed by atoms with Gasteiger partial charge in [0.25, 0.3) is 0 Å². The molecule has 0 aromatic rings. The van der Waals surface area contributed by atoms with Crippen LogP contribution in [0.5, 0.6) is 0 Å². The summed E-state index contributed by atoms with van der Waals surface area (Å²) in [5.41, 5.74) is 6.39. The number of allylic oxidation sites excluding steroid dienone is 3. The zero-order chi connectivity index (χ0) is 17.2. The predicted octanol–water partition coefficient (Wildman–Crippen LogP) is 5.61. The van der Waals surface area contributed by atoms with Crippen molar-refractivity contribution in [2.45, 2.75) is 96.4 Å². The minimum Gasteiger partial charge on any atom is -0.347 e. The molecule has 0 radical (unpaired) electrons. The zero-order valence-corrected chi connectivity index (χ0v) is 17.2. The molecule has 0 aromatic carbocycles. The third kappa shape index (κ3) is 2.77. The van der Waals surface area contributed by atoms with Gasteiger partial charge in [0.2, 0.25) is 0 Å². The van der Waals surface area contributed by atoms with Crippen LogP contribution >= 0.6 is 0 Å². The van der Waals surface area contributed by atoms with E-state index in [4.69, 9.17) is 9.47 Å². The highest BCUT2D eigenvalue weighted by molar-refractivity contribution is 6.81. The van der Waals surface area contributed by atoms with Crippen LogP contribution < -0.4 is 0 Å². The third-order valence-corrected chi connectivity index (χ3v) is 7.76. The molecule has 4 atom stereocenters. The van der Waals surface area contributed by atoms with Crippen LogP contribution in [0.1, 0.15) is 58.8 Å². The SMILES string of the molecule is CC1(C)O[C@H]2CCC[C@]34CCC=C3/C(=C\[Si](C)(C)C)CC[C@H](O1)[C@@H]24. The van der Waals surface area contributed by atoms with Crippen LogP contribution in [-0.2, 0) is 9.47 Å². The van der Waals surface area contributed by atoms with Crippen LogP contribution in [0.2, 0.25) is 19.6 Å². The summed E-state index contributed by atoms with van der Waals surface area (Å²) in [4.78, 5) is 0. The number of ether oxygens (including phenoxy) is 2. The van der Waals surface area contributed by atoms with E-state index in [1.54, 1.807) is 11.1 Å². The highest BCUT2D eigenvalue weighted by Crippen LogP contribution is 2.62. The van der Waals surface area contributed by atoms with Crippen molar-refractivity contribution in [1.29, 1.82) is 0 Å². The molecule has 0 N–H and O–H groups in total. The second kappa shape index (κ2) is 5.56. The highest BCUT2D eigenvalue weighted by atomic mass is 28.3. The van der Waals surface area contributed by atoms with Crippen molar-refractivity contribution in [3.05, 3.63) is 22.9 Å². The van der Waals surface area contributed by atoms with Crippen molar-refractivity contribution in [2.75, 3.05) is 0 Å². The molecule has 2 saturated carbocycles. The van der Waals surface area contributed by atoms with Gasteiger partial charge in [-0.05, 0) is 64.4 Å². The van der Waals surface area contributed by atoms with E-state index in [1.807, 2.05) is 0 Å². The van der Waals surface area contributed by atoms with Gasteiger partial charge < -0.3 is 9.47 Å². The smallest absolute Gasteiger partial charge is 0.163 e. The van der Waals surface area contributed by atoms with E-state index >= 15 is 0 Å². The summed E-state index contributed by atoms with van der Waals surface area (Å²) in [6.07, 6.45) is 12.1. The van der Waals surface area contributed by atoms with Crippen LogP contribution in [0, 0.1) is 11.3 Å². The Hall–Kier alpha value is -0.383. The summed E-state index contributed by atoms with van der Waals surface area (Å²) in [6.45, 7) is 11.6. The molecule has 1 saturated heterocycles. The maximum absolute atomic E-state index is 6.51. The lowest BCUT2D eigenvalue weighted by atomic mass is 9.59. The monoisotopic (exact) mass is 346 g/mol. The Morgan fingerprint density at radius 1 is 1.08 bits per heavy atom. The molecule has 0 bridgehead atoms. The first kappa shape index (κ1) is 17.1. The molecular formula is C21H34O2Si. The molecule has 24 heavy (non-hydrogen) atoms. The van der Waals surface area contributed by atoms with Gasteiger partial charge in [-0.3, -0.25) is 0 Å². The Morgan fingerprint density at radius 2 is 1.79 bits per heavy atom. The average molecular weight is 347 g/mol. The summed E-state index contributed by atoms with van der Waals surface area (Å²) in [5, 5.41) is 0. The first-order valence-electron chi connectivity index (χ1n) is 9.99. The van der Waals surface area contributed by atoms with Crippen molar-refractivity contribution >= 4 is 8.07 Å². The summed E-state index contributed by atoms with van der Waals surface area (Å²) >= 11 is 0. The number of hydrogen-bond donors (Lipinski definition) is 0. The third-order valence-electron chi connectivity index (χ3n) is 6.55. The standard InChI is InChI=1S/C21H34O2Si/c1-20(2)22-17-9-7-13-21-12-6-8-16(21)15(14-24(3,4)5)10-11-18(23-20)19(17)21/h8,14,17-19H,6-7,9-13H2,1-5H3/b15-14-/t17-,18-,19+,21+/m0/s1. The highest BCUT2D eigenvalue weighted by Gasteiger charge is 2.58. The molecule has 3 aliphatic carbocycles. The molecule has 134 valence electrons. The van der Waals surface area contributed by atoms with E-state index in [-0.39, 0.29) is 0 Å². The Morgan fingerprint density at radius 3 is 2.50 bits per heavy atom. The summed E-state index contributed by atoms with van der Waals surface area (Å²) in [7, 11) is -1.22. The molecule has 3 heteroatoms. The Bertz CT molecular complexity index is 583. The van der Waals surface area contributed by atoms with Crippen molar-refractivity contribution in [3.8, 4) is 0 Å². The van der Waals surface area contributed by atoms with Gasteiger partial charge in [0.15, 0.2) is 5.79 Å². The summed E-state index contributed by atoms with van der Waals surface area (Å²) < 4.78 is 13.0. The Labute approximate surface area is 148 Å². The normalized spacial score (nSPS) is 43.0. The fourth-order valence-corrected chi connectivity index (χ4v) is 7.44. The van der Waals surface area contributed by atoms with E-state index in [0.717, 1.165) is 0 Å². The van der Waals surface area contributed by atoms with E-state index < -0.39 is 13.9 Å². The lowest BCUT2D eigenvalue weighted by Crippen LogP contribution is -2.57. The fourth-order valence-electron chi connectivity index (χ4n) is 6.09. The average Bonchev–Trinajstić information content (AvgIpc) is 2.80. The molecule has 0 unspecified atom stereocenters. The van der Waals surface area contributed by atoms with Crippen LogP contribution in [0.4, 0.5) is 0 Å². The molecule has 0 aromatic heterocycles. The van der Waals surface area contributed by atoms with E-state index in [2.05, 4.69) is 45.3 Å². The lowest BCUT2D eigenvalue weighted by molar-refractivity contribution is -0.339. The van der Waals surface area contributed by atoms with Gasteiger partial charge in [0.1, 0.15) is 0 Å². The maximum Gasteiger partial charge on any atom is 0.163 e. The molecule has 4 rings (SSSR count). The van der Waals surface area contributed by atoms with Crippen molar-refractivity contribution in [2.24, 2.45) is 11.3 Å². The summed E-state index contributed by atoms with van der Waals surface area (Å²) in [5.74, 6) is 0.153. The second-order valence-electron chi connectivity index (χ2n) is 10.0. The van der Waals surface area contributed by atoms with Gasteiger partial charge in [0.05, 0.1) is 20.3 Å².